The summed E-state index contributed by atoms with van der Waals surface area (Å²) in [4.78, 5) is 30.2. The Labute approximate surface area is 222 Å². The molecule has 3 N–H and O–H groups in total. The number of nitro benzene ring substituents is 1. The second-order valence-corrected chi connectivity index (χ2v) is 11.7. The fourth-order valence-corrected chi connectivity index (χ4v) is 5.64. The zero-order chi connectivity index (χ0) is 27.0. The first-order chi connectivity index (χ1) is 17.6. The number of benzene rings is 1. The number of thiophene rings is 1. The monoisotopic (exact) mass is 565 g/mol. The van der Waals surface area contributed by atoms with Crippen molar-refractivity contribution in [3.05, 3.63) is 50.7 Å². The molecule has 12 nitrogen and oxygen atoms in total. The predicted octanol–water partition coefficient (Wildman–Crippen LogP) is 3.57. The first-order valence-corrected chi connectivity index (χ1v) is 14.4. The smallest absolute Gasteiger partial charge is 0.295 e. The van der Waals surface area contributed by atoms with Crippen molar-refractivity contribution >= 4 is 61.8 Å². The summed E-state index contributed by atoms with van der Waals surface area (Å²) in [5, 5.41) is 23.5. The second-order valence-electron chi connectivity index (χ2n) is 8.15. The molecule has 2 aromatic heterocycles. The lowest BCUT2D eigenvalue weighted by Gasteiger charge is -2.25. The minimum atomic E-state index is -4.06. The number of anilines is 2. The molecule has 3 aromatic rings. The normalized spacial score (nSPS) is 13.6. The van der Waals surface area contributed by atoms with E-state index in [0.29, 0.717) is 0 Å². The van der Waals surface area contributed by atoms with Gasteiger partial charge in [0.25, 0.3) is 5.69 Å². The number of aromatic nitrogens is 1. The molecule has 1 aromatic carbocycles. The summed E-state index contributed by atoms with van der Waals surface area (Å²) in [6.07, 6.45) is 5.83. The van der Waals surface area contributed by atoms with Gasteiger partial charge in [-0.1, -0.05) is 17.4 Å². The van der Waals surface area contributed by atoms with Gasteiger partial charge in [0.15, 0.2) is 5.13 Å². The molecule has 198 valence electrons. The Kier molecular flexibility index (Phi) is 9.68. The third-order valence-corrected chi connectivity index (χ3v) is 7.93. The lowest BCUT2D eigenvalue weighted by atomic mass is 10.1. The number of rotatable bonds is 8. The molecule has 1 fully saturated rings. The maximum Gasteiger partial charge on any atom is 0.295 e. The van der Waals surface area contributed by atoms with Crippen molar-refractivity contribution in [1.29, 1.82) is 0 Å². The highest BCUT2D eigenvalue weighted by molar-refractivity contribution is 7.89. The van der Waals surface area contributed by atoms with Gasteiger partial charge in [0.2, 0.25) is 16.4 Å². The molecule has 0 aliphatic carbocycles. The van der Waals surface area contributed by atoms with E-state index in [4.69, 9.17) is 10.1 Å². The summed E-state index contributed by atoms with van der Waals surface area (Å²) < 4.78 is 23.0. The van der Waals surface area contributed by atoms with E-state index < -0.39 is 20.6 Å². The van der Waals surface area contributed by atoms with Crippen LogP contribution in [0.5, 0.6) is 0 Å². The number of nitrogens with zero attached hydrogens (tertiary/aromatic N) is 5. The summed E-state index contributed by atoms with van der Waals surface area (Å²) in [7, 11) is -0.684. The van der Waals surface area contributed by atoms with E-state index in [1.807, 2.05) is 17.5 Å². The highest BCUT2D eigenvalue weighted by Gasteiger charge is 2.20. The van der Waals surface area contributed by atoms with Gasteiger partial charge < -0.3 is 9.80 Å². The van der Waals surface area contributed by atoms with Crippen LogP contribution in [-0.4, -0.2) is 63.0 Å². The van der Waals surface area contributed by atoms with Crippen molar-refractivity contribution in [3.8, 4) is 10.6 Å². The maximum atomic E-state index is 11.5. The highest BCUT2D eigenvalue weighted by atomic mass is 32.2. The summed E-state index contributed by atoms with van der Waals surface area (Å²) in [5.74, 6) is 0. The first kappa shape index (κ1) is 28.2. The molecule has 0 bridgehead atoms. The van der Waals surface area contributed by atoms with Crippen molar-refractivity contribution < 1.29 is 18.1 Å². The topological polar surface area (TPSA) is 164 Å². The number of hydrogen-bond donors (Lipinski definition) is 2. The van der Waals surface area contributed by atoms with E-state index >= 15 is 0 Å². The number of sulfonamides is 1. The number of primary sulfonamides is 1. The molecule has 0 radical (unpaired) electrons. The van der Waals surface area contributed by atoms with Gasteiger partial charge >= 0.3 is 0 Å². The number of piperidine rings is 1. The van der Waals surface area contributed by atoms with Crippen molar-refractivity contribution in [2.24, 2.45) is 10.2 Å². The molecular weight excluding hydrogens is 538 g/mol. The van der Waals surface area contributed by atoms with Gasteiger partial charge in [0.1, 0.15) is 11.4 Å². The van der Waals surface area contributed by atoms with E-state index in [2.05, 4.69) is 15.4 Å². The molecule has 3 heterocycles. The van der Waals surface area contributed by atoms with Crippen LogP contribution in [0.4, 0.5) is 16.5 Å². The number of carbonyl (C=O) groups is 1. The van der Waals surface area contributed by atoms with Gasteiger partial charge in [-0.15, -0.1) is 11.3 Å². The van der Waals surface area contributed by atoms with Crippen LogP contribution in [0.1, 0.15) is 24.1 Å². The van der Waals surface area contributed by atoms with Crippen molar-refractivity contribution in [3.63, 3.8) is 0 Å². The van der Waals surface area contributed by atoms with Gasteiger partial charge in [-0.25, -0.2) is 18.5 Å². The Morgan fingerprint density at radius 3 is 2.51 bits per heavy atom. The molecule has 37 heavy (non-hydrogen) atoms. The van der Waals surface area contributed by atoms with Gasteiger partial charge in [-0.3, -0.25) is 20.3 Å². The van der Waals surface area contributed by atoms with Crippen LogP contribution >= 0.6 is 22.7 Å². The third-order valence-electron chi connectivity index (χ3n) is 5.10. The highest BCUT2D eigenvalue weighted by Crippen LogP contribution is 2.35. The number of thiazole rings is 1. The number of hydrogen-bond acceptors (Lipinski definition) is 11. The maximum absolute atomic E-state index is 11.5. The number of carbonyl (C=O) groups excluding carboxylic acids is 1. The fourth-order valence-electron chi connectivity index (χ4n) is 3.31. The molecule has 0 saturated carbocycles. The minimum absolute atomic E-state index is 0.0529. The molecule has 0 atom stereocenters. The standard InChI is InChI=1S/C19H20N6O4S3.C3H7NO/c20-32(28,29)13-6-7-14(15(11-13)25(26)27)23-21-12-17-18(16-5-4-10-30-16)22-19(31-17)24-8-2-1-3-9-24;1-4(2)3-5/h4-7,10-12,23H,1-3,8-9H2,(H2,20,28,29);3H,1-2H3/b21-12+;. The summed E-state index contributed by atoms with van der Waals surface area (Å²) >= 11 is 3.09. The molecule has 15 heteroatoms. The molecule has 0 spiro atoms. The van der Waals surface area contributed by atoms with Crippen molar-refractivity contribution in [2.75, 3.05) is 37.5 Å². The largest absolute Gasteiger partial charge is 0.351 e. The lowest BCUT2D eigenvalue weighted by molar-refractivity contribution is -0.384. The van der Waals surface area contributed by atoms with Crippen LogP contribution in [0.3, 0.4) is 0 Å². The third kappa shape index (κ3) is 7.79. The fraction of sp³-hybridized carbons (Fsp3) is 0.318. The average molecular weight is 566 g/mol. The molecule has 1 amide bonds. The Bertz CT molecular complexity index is 1350. The second kappa shape index (κ2) is 12.7. The van der Waals surface area contributed by atoms with E-state index in [-0.39, 0.29) is 10.6 Å². The van der Waals surface area contributed by atoms with Gasteiger partial charge in [-0.05, 0) is 42.8 Å². The molecular formula is C22H27N7O5S3. The predicted molar refractivity (Wildman–Crippen MR) is 147 cm³/mol. The van der Waals surface area contributed by atoms with E-state index in [1.165, 1.54) is 34.8 Å². The molecule has 1 aliphatic heterocycles. The molecule has 0 unspecified atom stereocenters. The number of amides is 1. The lowest BCUT2D eigenvalue weighted by Crippen LogP contribution is -2.29. The van der Waals surface area contributed by atoms with E-state index in [9.17, 15) is 23.3 Å². The summed E-state index contributed by atoms with van der Waals surface area (Å²) in [6, 6.07) is 7.31. The number of nitrogens with one attached hydrogen (secondary N) is 1. The minimum Gasteiger partial charge on any atom is -0.351 e. The number of nitrogens with two attached hydrogens (primary N) is 1. The summed E-state index contributed by atoms with van der Waals surface area (Å²) in [5.41, 5.74) is 3.07. The van der Waals surface area contributed by atoms with E-state index in [1.54, 1.807) is 31.6 Å². The Hall–Kier alpha value is -3.40. The Balaban J connectivity index is 0.000000695. The summed E-state index contributed by atoms with van der Waals surface area (Å²) in [6.45, 7) is 1.93. The van der Waals surface area contributed by atoms with Crippen molar-refractivity contribution in [2.45, 2.75) is 24.2 Å². The molecule has 4 rings (SSSR count). The van der Waals surface area contributed by atoms with Gasteiger partial charge in [0.05, 0.1) is 25.8 Å². The quantitative estimate of drug-likeness (QED) is 0.181. The van der Waals surface area contributed by atoms with Gasteiger partial charge in [-0.2, -0.15) is 5.10 Å². The van der Waals surface area contributed by atoms with E-state index in [0.717, 1.165) is 59.0 Å². The number of hydrazone groups is 1. The van der Waals surface area contributed by atoms with Crippen LogP contribution in [-0.2, 0) is 14.8 Å². The first-order valence-electron chi connectivity index (χ1n) is 11.1. The van der Waals surface area contributed by atoms with Crippen molar-refractivity contribution in [1.82, 2.24) is 9.88 Å². The molecule has 1 saturated heterocycles. The van der Waals surface area contributed by atoms with Crippen LogP contribution in [0.2, 0.25) is 0 Å². The average Bonchev–Trinajstić information content (AvgIpc) is 3.54. The van der Waals surface area contributed by atoms with Crippen LogP contribution in [0, 0.1) is 10.1 Å². The Morgan fingerprint density at radius 2 is 1.95 bits per heavy atom. The van der Waals surface area contributed by atoms with Gasteiger partial charge in [0, 0.05) is 33.3 Å². The zero-order valence-corrected chi connectivity index (χ0v) is 22.7. The van der Waals surface area contributed by atoms with Crippen LogP contribution < -0.4 is 15.5 Å². The SMILES string of the molecule is CN(C)C=O.NS(=O)(=O)c1ccc(N/N=C/c2sc(N3CCCCC3)nc2-c2cccs2)c([N+](=O)[O-])c1. The van der Waals surface area contributed by atoms with Crippen LogP contribution in [0.15, 0.2) is 45.7 Å². The van der Waals surface area contributed by atoms with Crippen LogP contribution in [0.25, 0.3) is 10.6 Å². The molecule has 1 aliphatic rings. The zero-order valence-electron chi connectivity index (χ0n) is 20.2. The number of nitro groups is 1. The Morgan fingerprint density at radius 1 is 1.24 bits per heavy atom.